The van der Waals surface area contributed by atoms with Gasteiger partial charge in [0.25, 0.3) is 0 Å². The molecule has 4 N–H and O–H groups in total. The molecule has 5 heterocycles. The number of ether oxygens (including phenoxy) is 2. The molecule has 6 rings (SSSR count). The zero-order chi connectivity index (χ0) is 47.3. The lowest BCUT2D eigenvalue weighted by atomic mass is 9.84. The van der Waals surface area contributed by atoms with Crippen molar-refractivity contribution in [1.29, 1.82) is 0 Å². The number of H-pyrrole nitrogens is 2. The minimum atomic E-state index is -1.09. The number of esters is 2. The van der Waals surface area contributed by atoms with Gasteiger partial charge in [-0.15, -0.1) is 0 Å². The second kappa shape index (κ2) is 21.6. The molecule has 0 saturated carbocycles. The smallest absolute Gasteiger partial charge is 0.321 e. The molecule has 3 aromatic rings. The second-order valence-corrected chi connectivity index (χ2v) is 20.4. The van der Waals surface area contributed by atoms with Crippen molar-refractivity contribution >= 4 is 45.5 Å². The Morgan fingerprint density at radius 1 is 0.800 bits per heavy atom. The van der Waals surface area contributed by atoms with Gasteiger partial charge in [0.2, 0.25) is 0 Å². The third kappa shape index (κ3) is 11.1. The summed E-state index contributed by atoms with van der Waals surface area (Å²) in [5.74, 6) is 0.302. The molecule has 10 nitrogen and oxygen atoms in total. The number of carbonyl (C=O) groups is 2. The van der Waals surface area contributed by atoms with Gasteiger partial charge in [-0.05, 0) is 107 Å². The van der Waals surface area contributed by atoms with Crippen LogP contribution < -0.4 is 10.4 Å². The van der Waals surface area contributed by atoms with Crippen molar-refractivity contribution in [3.63, 3.8) is 0 Å². The Morgan fingerprint density at radius 3 is 2.05 bits per heavy atom. The highest BCUT2D eigenvalue weighted by molar-refractivity contribution is 5.96. The summed E-state index contributed by atoms with van der Waals surface area (Å²) in [6.07, 6.45) is 14.8. The Kier molecular flexibility index (Phi) is 16.5. The highest BCUT2D eigenvalue weighted by Gasteiger charge is 2.42. The molecule has 65 heavy (non-hydrogen) atoms. The summed E-state index contributed by atoms with van der Waals surface area (Å²) in [6.45, 7) is 23.8. The number of carbonyl (C=O) groups excluding carboxylic acids is 2. The molecule has 0 aromatic carbocycles. The fourth-order valence-electron chi connectivity index (χ4n) is 10.8. The van der Waals surface area contributed by atoms with Crippen LogP contribution in [0.2, 0.25) is 0 Å². The second-order valence-electron chi connectivity index (χ2n) is 20.4. The highest BCUT2D eigenvalue weighted by Crippen LogP contribution is 2.46. The summed E-state index contributed by atoms with van der Waals surface area (Å²) in [5.41, 5.74) is 9.71. The number of aryl methyl sites for hydroxylation is 2. The molecule has 354 valence electrons. The van der Waals surface area contributed by atoms with E-state index < -0.39 is 11.9 Å². The fourth-order valence-corrected chi connectivity index (χ4v) is 10.8. The van der Waals surface area contributed by atoms with Crippen LogP contribution in [0.1, 0.15) is 208 Å². The van der Waals surface area contributed by atoms with Crippen molar-refractivity contribution in [2.24, 2.45) is 17.8 Å². The number of aromatic nitrogens is 4. The monoisotopic (exact) mass is 891 g/mol. The summed E-state index contributed by atoms with van der Waals surface area (Å²) >= 11 is 0. The standard InChI is InChI=1S/C55H78N4O6/c1-13-39-34(7)41-29-46-48(38(11)60)36(9)43(57-46)27-42-35(8)40(52(58-42)50-51(55(63)64-12)54(62)49-37(10)44(59-53(49)50)28-45(39)56-41)23-24-47(61)65-26-25-33(6)22-16-21-32(5)20-15-19-31(4)18-14-17-30(2)3/h25,27-32,34-35,39-40,51,57,59-60,62H,13-24,26H2,1-12H3/b33-25-,42-27?,45-28?,46-29?,48-38-/t31-,32-,34+,35-,39+,40-,51+/m0/s1. The lowest BCUT2D eigenvalue weighted by molar-refractivity contribution is -0.143. The number of allylic oxidation sites excluding steroid dienone is 1. The number of fused-ring (bicyclic) bond motifs is 8. The zero-order valence-electron chi connectivity index (χ0n) is 41.5. The van der Waals surface area contributed by atoms with Gasteiger partial charge in [0.05, 0.1) is 29.6 Å². The van der Waals surface area contributed by atoms with E-state index >= 15 is 0 Å². The van der Waals surface area contributed by atoms with Crippen molar-refractivity contribution in [2.75, 3.05) is 13.7 Å². The van der Waals surface area contributed by atoms with Crippen LogP contribution in [-0.2, 0) is 19.1 Å². The molecule has 0 saturated heterocycles. The first kappa shape index (κ1) is 49.6. The van der Waals surface area contributed by atoms with Gasteiger partial charge in [0.1, 0.15) is 18.3 Å². The number of aromatic amines is 2. The maximum absolute atomic E-state index is 13.7. The maximum Gasteiger partial charge on any atom is 0.321 e. The molecular weight excluding hydrogens is 813 g/mol. The van der Waals surface area contributed by atoms with E-state index in [4.69, 9.17) is 19.4 Å². The molecule has 0 unspecified atom stereocenters. The number of aliphatic hydroxyl groups is 2. The average Bonchev–Trinajstić information content (AvgIpc) is 4.00. The molecule has 8 bridgehead atoms. The molecule has 1 aliphatic carbocycles. The van der Waals surface area contributed by atoms with Crippen LogP contribution in [0.15, 0.2) is 29.8 Å². The van der Waals surface area contributed by atoms with Gasteiger partial charge < -0.3 is 29.7 Å². The molecular formula is C55H78N4O6. The van der Waals surface area contributed by atoms with Gasteiger partial charge in [0.15, 0.2) is 0 Å². The van der Waals surface area contributed by atoms with E-state index in [0.717, 1.165) is 81.1 Å². The first-order valence-electron chi connectivity index (χ1n) is 24.7. The Bertz CT molecular complexity index is 2540. The van der Waals surface area contributed by atoms with Crippen molar-refractivity contribution in [2.45, 2.75) is 183 Å². The van der Waals surface area contributed by atoms with Crippen LogP contribution >= 0.6 is 0 Å². The minimum Gasteiger partial charge on any atom is -0.512 e. The van der Waals surface area contributed by atoms with E-state index in [9.17, 15) is 19.8 Å². The lowest BCUT2D eigenvalue weighted by Gasteiger charge is -2.19. The van der Waals surface area contributed by atoms with Crippen LogP contribution in [0.25, 0.3) is 33.6 Å². The molecule has 0 spiro atoms. The van der Waals surface area contributed by atoms with E-state index in [1.807, 2.05) is 26.0 Å². The molecule has 0 fully saturated rings. The Labute approximate surface area is 387 Å². The third-order valence-electron chi connectivity index (χ3n) is 14.9. The quantitative estimate of drug-likeness (QED) is 0.0686. The van der Waals surface area contributed by atoms with Gasteiger partial charge in [0, 0.05) is 74.2 Å². The number of nitrogens with zero attached hydrogens (tertiary/aromatic N) is 2. The summed E-state index contributed by atoms with van der Waals surface area (Å²) in [5, 5.41) is 24.2. The summed E-state index contributed by atoms with van der Waals surface area (Å²) in [7, 11) is 1.33. The topological polar surface area (TPSA) is 150 Å². The highest BCUT2D eigenvalue weighted by atomic mass is 16.5. The molecule has 2 aliphatic heterocycles. The number of rotatable bonds is 19. The summed E-state index contributed by atoms with van der Waals surface area (Å²) in [6, 6.07) is 6.12. The fraction of sp³-hybridized carbons (Fsp3) is 0.600. The number of hydrogen-bond donors (Lipinski definition) is 4. The molecule has 10 heteroatoms. The molecule has 7 atom stereocenters. The molecule has 3 aliphatic rings. The predicted molar refractivity (Wildman–Crippen MR) is 264 cm³/mol. The molecule has 0 radical (unpaired) electrons. The Morgan fingerprint density at radius 2 is 1.40 bits per heavy atom. The third-order valence-corrected chi connectivity index (χ3v) is 14.9. The predicted octanol–water partition coefficient (Wildman–Crippen LogP) is 12.4. The Balaban J connectivity index is 1.25. The van der Waals surface area contributed by atoms with E-state index in [1.54, 1.807) is 6.92 Å². The first-order chi connectivity index (χ1) is 30.9. The SMILES string of the molecule is CC[C@H]1c2cc3[nH]c4c(c5nc(cc6[nH]c(cc(n2)[C@@H]1C)/c(=C(/C)O)c6C)[C@@H](C)[C@@H]5CCC(=O)OC/C=C(/C)CCC[C@@H](C)CCC[C@@H](C)CCCC(C)C)[C@@H](C(=O)OC)C(O)=c4c3C. The van der Waals surface area contributed by atoms with Crippen LogP contribution in [0.5, 0.6) is 0 Å². The van der Waals surface area contributed by atoms with E-state index in [2.05, 4.69) is 77.5 Å². The van der Waals surface area contributed by atoms with Crippen LogP contribution in [0.4, 0.5) is 0 Å². The van der Waals surface area contributed by atoms with Gasteiger partial charge >= 0.3 is 11.9 Å². The zero-order valence-corrected chi connectivity index (χ0v) is 41.5. The Hall–Kier alpha value is -4.86. The van der Waals surface area contributed by atoms with Gasteiger partial charge in [-0.25, -0.2) is 0 Å². The average molecular weight is 891 g/mol. The van der Waals surface area contributed by atoms with Crippen molar-refractivity contribution < 1.29 is 29.3 Å². The van der Waals surface area contributed by atoms with Crippen molar-refractivity contribution in [3.8, 4) is 0 Å². The van der Waals surface area contributed by atoms with Crippen LogP contribution in [0.3, 0.4) is 0 Å². The van der Waals surface area contributed by atoms with Crippen molar-refractivity contribution in [3.05, 3.63) is 79.8 Å². The number of methoxy groups -OCH3 is 1. The molecule has 3 aromatic heterocycles. The van der Waals surface area contributed by atoms with Gasteiger partial charge in [-0.1, -0.05) is 99.0 Å². The largest absolute Gasteiger partial charge is 0.512 e. The maximum atomic E-state index is 13.7. The minimum absolute atomic E-state index is 0.0748. The first-order valence-corrected chi connectivity index (χ1v) is 24.7. The summed E-state index contributed by atoms with van der Waals surface area (Å²) in [4.78, 5) is 44.8. The van der Waals surface area contributed by atoms with Gasteiger partial charge in [-0.3, -0.25) is 19.6 Å². The number of aliphatic hydroxyl groups excluding tert-OH is 2. The van der Waals surface area contributed by atoms with E-state index in [0.29, 0.717) is 34.3 Å². The van der Waals surface area contributed by atoms with Crippen LogP contribution in [0, 0.1) is 31.6 Å². The molecule has 0 amide bonds. The lowest BCUT2D eigenvalue weighted by Crippen LogP contribution is -2.18. The van der Waals surface area contributed by atoms with Crippen molar-refractivity contribution in [1.82, 2.24) is 19.9 Å². The summed E-state index contributed by atoms with van der Waals surface area (Å²) < 4.78 is 11.1. The number of nitrogens with one attached hydrogen (secondary N) is 2. The van der Waals surface area contributed by atoms with Gasteiger partial charge in [-0.2, -0.15) is 0 Å². The number of hydrogen-bond acceptors (Lipinski definition) is 8. The normalized spacial score (nSPS) is 20.9. The van der Waals surface area contributed by atoms with E-state index in [1.165, 1.54) is 57.6 Å². The van der Waals surface area contributed by atoms with E-state index in [-0.39, 0.29) is 54.2 Å². The van der Waals surface area contributed by atoms with Crippen LogP contribution in [-0.4, -0.2) is 55.8 Å².